The van der Waals surface area contributed by atoms with E-state index in [1.165, 1.54) is 0 Å². The summed E-state index contributed by atoms with van der Waals surface area (Å²) < 4.78 is 0. The van der Waals surface area contributed by atoms with Gasteiger partial charge in [0.05, 0.1) is 28.8 Å². The van der Waals surface area contributed by atoms with Crippen molar-refractivity contribution >= 4 is 46.4 Å². The number of benzene rings is 2. The van der Waals surface area contributed by atoms with Crippen LogP contribution in [0.5, 0.6) is 0 Å². The lowest BCUT2D eigenvalue weighted by Gasteiger charge is -2.20. The number of hydrogen-bond acceptors (Lipinski definition) is 3. The van der Waals surface area contributed by atoms with E-state index in [1.807, 2.05) is 38.1 Å². The molecule has 0 aliphatic heterocycles. The van der Waals surface area contributed by atoms with Crippen LogP contribution in [0.3, 0.4) is 0 Å². The molecule has 2 amide bonds. The van der Waals surface area contributed by atoms with Crippen molar-refractivity contribution in [2.24, 2.45) is 0 Å². The molecular formula is C19H21Cl2N3O2. The van der Waals surface area contributed by atoms with Crippen molar-refractivity contribution in [2.45, 2.75) is 13.8 Å². The van der Waals surface area contributed by atoms with E-state index in [0.29, 0.717) is 22.3 Å². The maximum absolute atomic E-state index is 12.3. The smallest absolute Gasteiger partial charge is 0.238 e. The van der Waals surface area contributed by atoms with Gasteiger partial charge in [-0.2, -0.15) is 0 Å². The first-order valence-corrected chi connectivity index (χ1v) is 8.98. The van der Waals surface area contributed by atoms with Crippen molar-refractivity contribution in [2.75, 3.05) is 30.3 Å². The first-order chi connectivity index (χ1) is 12.4. The van der Waals surface area contributed by atoms with Gasteiger partial charge < -0.3 is 10.6 Å². The zero-order chi connectivity index (χ0) is 19.1. The molecule has 2 aromatic carbocycles. The van der Waals surface area contributed by atoms with Crippen LogP contribution >= 0.6 is 23.2 Å². The van der Waals surface area contributed by atoms with Crippen LogP contribution in [0.15, 0.2) is 42.5 Å². The molecule has 26 heavy (non-hydrogen) atoms. The van der Waals surface area contributed by atoms with E-state index in [2.05, 4.69) is 10.6 Å². The SMILES string of the molecule is CCN(CC(=O)Nc1ccccc1C)CC(=O)Nc1c(Cl)cccc1Cl. The number of nitrogens with one attached hydrogen (secondary N) is 2. The zero-order valence-corrected chi connectivity index (χ0v) is 16.2. The summed E-state index contributed by atoms with van der Waals surface area (Å²) in [7, 11) is 0. The van der Waals surface area contributed by atoms with E-state index < -0.39 is 0 Å². The largest absolute Gasteiger partial charge is 0.325 e. The molecule has 2 aromatic rings. The number of carbonyl (C=O) groups excluding carboxylic acids is 2. The van der Waals surface area contributed by atoms with Gasteiger partial charge in [-0.15, -0.1) is 0 Å². The molecule has 0 heterocycles. The fraction of sp³-hybridized carbons (Fsp3) is 0.263. The van der Waals surface area contributed by atoms with E-state index in [0.717, 1.165) is 11.3 Å². The van der Waals surface area contributed by atoms with Gasteiger partial charge in [-0.1, -0.05) is 54.4 Å². The topological polar surface area (TPSA) is 61.4 Å². The Balaban J connectivity index is 1.93. The molecule has 7 heteroatoms. The highest BCUT2D eigenvalue weighted by Gasteiger charge is 2.16. The van der Waals surface area contributed by atoms with Gasteiger partial charge in [-0.25, -0.2) is 0 Å². The van der Waals surface area contributed by atoms with E-state index in [-0.39, 0.29) is 24.9 Å². The highest BCUT2D eigenvalue weighted by atomic mass is 35.5. The van der Waals surface area contributed by atoms with Crippen molar-refractivity contribution in [1.29, 1.82) is 0 Å². The van der Waals surface area contributed by atoms with Gasteiger partial charge in [0.25, 0.3) is 0 Å². The third-order valence-corrected chi connectivity index (χ3v) is 4.46. The Kier molecular flexibility index (Phi) is 7.45. The predicted octanol–water partition coefficient (Wildman–Crippen LogP) is 4.20. The lowest BCUT2D eigenvalue weighted by atomic mass is 10.2. The number of aryl methyl sites for hydroxylation is 1. The minimum absolute atomic E-state index is 0.0548. The lowest BCUT2D eigenvalue weighted by molar-refractivity contribution is -0.119. The van der Waals surface area contributed by atoms with Crippen molar-refractivity contribution in [3.8, 4) is 0 Å². The number of nitrogens with zero attached hydrogens (tertiary/aromatic N) is 1. The van der Waals surface area contributed by atoms with Crippen LogP contribution in [0.25, 0.3) is 0 Å². The minimum Gasteiger partial charge on any atom is -0.325 e. The number of amides is 2. The van der Waals surface area contributed by atoms with Crippen molar-refractivity contribution in [3.63, 3.8) is 0 Å². The molecule has 138 valence electrons. The average Bonchev–Trinajstić information content (AvgIpc) is 2.59. The Hall–Kier alpha value is -2.08. The Morgan fingerprint density at radius 3 is 2.08 bits per heavy atom. The second-order valence-electron chi connectivity index (χ2n) is 5.81. The number of rotatable bonds is 7. The summed E-state index contributed by atoms with van der Waals surface area (Å²) in [6.07, 6.45) is 0. The molecule has 0 aliphatic carbocycles. The molecule has 0 bridgehead atoms. The number of likely N-dealkylation sites (N-methyl/N-ethyl adjacent to an activating group) is 1. The summed E-state index contributed by atoms with van der Waals surface area (Å²) in [6.45, 7) is 4.52. The summed E-state index contributed by atoms with van der Waals surface area (Å²) in [5, 5.41) is 6.29. The van der Waals surface area contributed by atoms with Gasteiger partial charge in [-0.3, -0.25) is 14.5 Å². The van der Waals surface area contributed by atoms with Crippen LogP contribution in [0, 0.1) is 6.92 Å². The first-order valence-electron chi connectivity index (χ1n) is 8.22. The number of halogens is 2. The van der Waals surface area contributed by atoms with Crippen LogP contribution < -0.4 is 10.6 Å². The molecule has 0 aromatic heterocycles. The molecule has 0 aliphatic rings. The van der Waals surface area contributed by atoms with E-state index in [1.54, 1.807) is 23.1 Å². The van der Waals surface area contributed by atoms with Crippen LogP contribution in [-0.4, -0.2) is 36.3 Å². The normalized spacial score (nSPS) is 10.7. The van der Waals surface area contributed by atoms with E-state index in [9.17, 15) is 9.59 Å². The molecule has 0 radical (unpaired) electrons. The molecular weight excluding hydrogens is 373 g/mol. The molecule has 0 spiro atoms. The third kappa shape index (κ3) is 5.73. The third-order valence-electron chi connectivity index (χ3n) is 3.83. The zero-order valence-electron chi connectivity index (χ0n) is 14.7. The van der Waals surface area contributed by atoms with Crippen molar-refractivity contribution < 1.29 is 9.59 Å². The summed E-state index contributed by atoms with van der Waals surface area (Å²) >= 11 is 12.1. The fourth-order valence-corrected chi connectivity index (χ4v) is 2.88. The standard InChI is InChI=1S/C19H21Cl2N3O2/c1-3-24(11-17(25)22-16-10-5-4-7-13(16)2)12-18(26)23-19-14(20)8-6-9-15(19)21/h4-10H,3,11-12H2,1-2H3,(H,22,25)(H,23,26). The Bertz CT molecular complexity index is 776. The highest BCUT2D eigenvalue weighted by Crippen LogP contribution is 2.29. The number of carbonyl (C=O) groups is 2. The Morgan fingerprint density at radius 1 is 0.923 bits per heavy atom. The number of hydrogen-bond donors (Lipinski definition) is 2. The van der Waals surface area contributed by atoms with E-state index >= 15 is 0 Å². The van der Waals surface area contributed by atoms with Crippen molar-refractivity contribution in [1.82, 2.24) is 4.90 Å². The van der Waals surface area contributed by atoms with Gasteiger partial charge in [0.15, 0.2) is 0 Å². The molecule has 2 N–H and O–H groups in total. The van der Waals surface area contributed by atoms with Gasteiger partial charge in [-0.05, 0) is 37.2 Å². The number of para-hydroxylation sites is 2. The summed E-state index contributed by atoms with van der Waals surface area (Å²) in [5.74, 6) is -0.463. The lowest BCUT2D eigenvalue weighted by Crippen LogP contribution is -2.38. The average molecular weight is 394 g/mol. The predicted molar refractivity (Wildman–Crippen MR) is 107 cm³/mol. The van der Waals surface area contributed by atoms with Crippen molar-refractivity contribution in [3.05, 3.63) is 58.1 Å². The second-order valence-corrected chi connectivity index (χ2v) is 6.63. The molecule has 0 saturated carbocycles. The van der Waals surface area contributed by atoms with Crippen LogP contribution in [0.1, 0.15) is 12.5 Å². The monoisotopic (exact) mass is 393 g/mol. The summed E-state index contributed by atoms with van der Waals surface area (Å²) in [4.78, 5) is 26.3. The van der Waals surface area contributed by atoms with Gasteiger partial charge >= 0.3 is 0 Å². The second kappa shape index (κ2) is 9.57. The van der Waals surface area contributed by atoms with E-state index in [4.69, 9.17) is 23.2 Å². The molecule has 2 rings (SSSR count). The van der Waals surface area contributed by atoms with Gasteiger partial charge in [0, 0.05) is 5.69 Å². The maximum atomic E-state index is 12.3. The summed E-state index contributed by atoms with van der Waals surface area (Å²) in [5.41, 5.74) is 2.12. The Morgan fingerprint density at radius 2 is 1.50 bits per heavy atom. The molecule has 0 fully saturated rings. The Labute approximate surface area is 163 Å². The molecule has 0 atom stereocenters. The molecule has 5 nitrogen and oxygen atoms in total. The fourth-order valence-electron chi connectivity index (χ4n) is 2.38. The van der Waals surface area contributed by atoms with Crippen LogP contribution in [-0.2, 0) is 9.59 Å². The van der Waals surface area contributed by atoms with Gasteiger partial charge in [0.2, 0.25) is 11.8 Å². The maximum Gasteiger partial charge on any atom is 0.238 e. The number of anilines is 2. The van der Waals surface area contributed by atoms with Gasteiger partial charge in [0.1, 0.15) is 0 Å². The van der Waals surface area contributed by atoms with Crippen LogP contribution in [0.4, 0.5) is 11.4 Å². The molecule has 0 unspecified atom stereocenters. The highest BCUT2D eigenvalue weighted by molar-refractivity contribution is 6.39. The molecule has 0 saturated heterocycles. The minimum atomic E-state index is -0.287. The first kappa shape index (κ1) is 20.2. The quantitative estimate of drug-likeness (QED) is 0.740. The summed E-state index contributed by atoms with van der Waals surface area (Å²) in [6, 6.07) is 12.5. The van der Waals surface area contributed by atoms with Crippen LogP contribution in [0.2, 0.25) is 10.0 Å².